The molecule has 4 aromatic carbocycles. The molecule has 0 aliphatic carbocycles. The first-order valence-electron chi connectivity index (χ1n) is 12.4. The van der Waals surface area contributed by atoms with Crippen LogP contribution in [0.3, 0.4) is 0 Å². The molecule has 0 aliphatic rings. The Bertz CT molecular complexity index is 1540. The molecule has 3 nitrogen and oxygen atoms in total. The van der Waals surface area contributed by atoms with Gasteiger partial charge < -0.3 is 14.2 Å². The van der Waals surface area contributed by atoms with Gasteiger partial charge in [-0.2, -0.15) is 0 Å². The lowest BCUT2D eigenvalue weighted by molar-refractivity contribution is 0.672. The summed E-state index contributed by atoms with van der Waals surface area (Å²) in [6.07, 6.45) is 0. The highest BCUT2D eigenvalue weighted by Gasteiger charge is 2.16. The molecule has 0 aliphatic heterocycles. The summed E-state index contributed by atoms with van der Waals surface area (Å²) in [7, 11) is 0. The standard InChI is InChI=1S/C30H30N2OS/c1-5-31(6-2)19-9-15-27-25(17-19)22-12-13-23-21(29(22)33-27)11-14-24-26-18-20(32(7-3)8-4)10-16-28(26)34-30(23)24/h9-18H,5-8H2,1-4H3. The highest BCUT2D eigenvalue weighted by atomic mass is 32.1. The molecule has 0 atom stereocenters. The van der Waals surface area contributed by atoms with E-state index in [1.807, 2.05) is 11.3 Å². The molecular formula is C30H30N2OS. The van der Waals surface area contributed by atoms with Gasteiger partial charge in [-0.25, -0.2) is 0 Å². The molecule has 34 heavy (non-hydrogen) atoms. The average molecular weight is 467 g/mol. The number of nitrogens with zero attached hydrogens (tertiary/aromatic N) is 2. The SMILES string of the molecule is CCN(CC)c1ccc2oc3c(ccc4c3ccc3c5cc(N(CC)CC)ccc5sc34)c2c1. The van der Waals surface area contributed by atoms with Crippen LogP contribution < -0.4 is 9.80 Å². The van der Waals surface area contributed by atoms with Gasteiger partial charge in [-0.15, -0.1) is 11.3 Å². The van der Waals surface area contributed by atoms with E-state index in [0.717, 1.165) is 37.3 Å². The van der Waals surface area contributed by atoms with E-state index < -0.39 is 0 Å². The van der Waals surface area contributed by atoms with Gasteiger partial charge in [0.15, 0.2) is 0 Å². The van der Waals surface area contributed by atoms with Gasteiger partial charge in [-0.05, 0) is 76.2 Å². The van der Waals surface area contributed by atoms with Gasteiger partial charge in [0.25, 0.3) is 0 Å². The number of furan rings is 1. The Labute approximate surface area is 204 Å². The molecule has 0 amide bonds. The average Bonchev–Trinajstić information content (AvgIpc) is 3.43. The van der Waals surface area contributed by atoms with E-state index >= 15 is 0 Å². The van der Waals surface area contributed by atoms with Crippen molar-refractivity contribution in [1.82, 2.24) is 0 Å². The molecule has 0 fully saturated rings. The number of benzene rings is 4. The van der Waals surface area contributed by atoms with Gasteiger partial charge in [-0.3, -0.25) is 0 Å². The van der Waals surface area contributed by atoms with E-state index in [9.17, 15) is 0 Å². The summed E-state index contributed by atoms with van der Waals surface area (Å²) in [5, 5.41) is 7.54. The zero-order chi connectivity index (χ0) is 23.4. The molecule has 0 spiro atoms. The second-order valence-electron chi connectivity index (χ2n) is 8.89. The fourth-order valence-corrected chi connectivity index (χ4v) is 6.63. The van der Waals surface area contributed by atoms with Gasteiger partial charge in [0.05, 0.1) is 0 Å². The zero-order valence-electron chi connectivity index (χ0n) is 20.3. The summed E-state index contributed by atoms with van der Waals surface area (Å²) in [4.78, 5) is 4.79. The van der Waals surface area contributed by atoms with Crippen LogP contribution in [0.1, 0.15) is 27.7 Å². The molecule has 6 aromatic rings. The molecule has 2 heterocycles. The second kappa shape index (κ2) is 8.21. The van der Waals surface area contributed by atoms with E-state index in [-0.39, 0.29) is 0 Å². The van der Waals surface area contributed by atoms with E-state index in [0.29, 0.717) is 0 Å². The quantitative estimate of drug-likeness (QED) is 0.244. The van der Waals surface area contributed by atoms with Crippen molar-refractivity contribution in [2.24, 2.45) is 0 Å². The van der Waals surface area contributed by atoms with Crippen LogP contribution in [0.5, 0.6) is 0 Å². The molecule has 0 bridgehead atoms. The van der Waals surface area contributed by atoms with Crippen LogP contribution in [0, 0.1) is 0 Å². The van der Waals surface area contributed by atoms with Gasteiger partial charge in [0.1, 0.15) is 11.2 Å². The minimum absolute atomic E-state index is 0.957. The number of anilines is 2. The van der Waals surface area contributed by atoms with Crippen LogP contribution in [0.25, 0.3) is 52.9 Å². The van der Waals surface area contributed by atoms with Crippen molar-refractivity contribution >= 4 is 75.6 Å². The van der Waals surface area contributed by atoms with Crippen LogP contribution >= 0.6 is 11.3 Å². The third-order valence-corrected chi connectivity index (χ3v) is 8.51. The maximum absolute atomic E-state index is 6.45. The molecular weight excluding hydrogens is 436 g/mol. The van der Waals surface area contributed by atoms with Crippen molar-refractivity contribution < 1.29 is 4.42 Å². The smallest absolute Gasteiger partial charge is 0.143 e. The summed E-state index contributed by atoms with van der Waals surface area (Å²) in [6.45, 7) is 12.9. The van der Waals surface area contributed by atoms with Crippen molar-refractivity contribution in [3.63, 3.8) is 0 Å². The Morgan fingerprint density at radius 2 is 1.12 bits per heavy atom. The van der Waals surface area contributed by atoms with Crippen molar-refractivity contribution in [2.75, 3.05) is 36.0 Å². The number of hydrogen-bond donors (Lipinski definition) is 0. The van der Waals surface area contributed by atoms with Crippen LogP contribution in [0.15, 0.2) is 65.1 Å². The zero-order valence-corrected chi connectivity index (χ0v) is 21.1. The molecule has 6 rings (SSSR count). The molecule has 4 heteroatoms. The third-order valence-electron chi connectivity index (χ3n) is 7.29. The third kappa shape index (κ3) is 3.08. The summed E-state index contributed by atoms with van der Waals surface area (Å²) in [5.41, 5.74) is 4.50. The molecule has 0 unspecified atom stereocenters. The summed E-state index contributed by atoms with van der Waals surface area (Å²) in [5.74, 6) is 0. The Balaban J connectivity index is 1.58. The topological polar surface area (TPSA) is 19.6 Å². The predicted molar refractivity (Wildman–Crippen MR) is 151 cm³/mol. The first kappa shape index (κ1) is 21.3. The van der Waals surface area contributed by atoms with E-state index in [2.05, 4.69) is 98.2 Å². The molecule has 0 saturated heterocycles. The Morgan fingerprint density at radius 1 is 0.588 bits per heavy atom. The fourth-order valence-electron chi connectivity index (χ4n) is 5.42. The van der Waals surface area contributed by atoms with Gasteiger partial charge in [0, 0.05) is 79.3 Å². The summed E-state index contributed by atoms with van der Waals surface area (Å²) in [6, 6.07) is 22.6. The maximum atomic E-state index is 6.45. The van der Waals surface area contributed by atoms with Crippen molar-refractivity contribution in [2.45, 2.75) is 27.7 Å². The van der Waals surface area contributed by atoms with Crippen molar-refractivity contribution in [3.05, 3.63) is 60.7 Å². The van der Waals surface area contributed by atoms with Crippen molar-refractivity contribution in [3.8, 4) is 0 Å². The number of rotatable bonds is 6. The minimum atomic E-state index is 0.957. The molecule has 0 radical (unpaired) electrons. The van der Waals surface area contributed by atoms with E-state index in [1.165, 1.54) is 53.1 Å². The fraction of sp³-hybridized carbons (Fsp3) is 0.267. The monoisotopic (exact) mass is 466 g/mol. The normalized spacial score (nSPS) is 12.0. The number of hydrogen-bond acceptors (Lipinski definition) is 4. The lowest BCUT2D eigenvalue weighted by Crippen LogP contribution is -2.21. The lowest BCUT2D eigenvalue weighted by Gasteiger charge is -2.20. The van der Waals surface area contributed by atoms with E-state index in [4.69, 9.17) is 4.42 Å². The highest BCUT2D eigenvalue weighted by Crippen LogP contribution is 2.43. The molecule has 0 saturated carbocycles. The minimum Gasteiger partial charge on any atom is -0.455 e. The van der Waals surface area contributed by atoms with Crippen LogP contribution in [-0.2, 0) is 0 Å². The number of thiophene rings is 1. The highest BCUT2D eigenvalue weighted by molar-refractivity contribution is 7.26. The summed E-state index contributed by atoms with van der Waals surface area (Å²) >= 11 is 1.89. The van der Waals surface area contributed by atoms with Crippen LogP contribution in [-0.4, -0.2) is 26.2 Å². The second-order valence-corrected chi connectivity index (χ2v) is 9.94. The Kier molecular flexibility index (Phi) is 5.14. The maximum Gasteiger partial charge on any atom is 0.143 e. The molecule has 0 N–H and O–H groups in total. The summed E-state index contributed by atoms with van der Waals surface area (Å²) < 4.78 is 9.13. The van der Waals surface area contributed by atoms with Gasteiger partial charge in [-0.1, -0.05) is 12.1 Å². The Morgan fingerprint density at radius 3 is 1.76 bits per heavy atom. The van der Waals surface area contributed by atoms with Crippen molar-refractivity contribution in [1.29, 1.82) is 0 Å². The van der Waals surface area contributed by atoms with Gasteiger partial charge in [0.2, 0.25) is 0 Å². The Hall–Kier alpha value is -3.24. The molecule has 2 aromatic heterocycles. The first-order chi connectivity index (χ1) is 16.7. The first-order valence-corrected chi connectivity index (χ1v) is 13.2. The molecule has 172 valence electrons. The van der Waals surface area contributed by atoms with Crippen LogP contribution in [0.4, 0.5) is 11.4 Å². The van der Waals surface area contributed by atoms with Crippen LogP contribution in [0.2, 0.25) is 0 Å². The van der Waals surface area contributed by atoms with E-state index in [1.54, 1.807) is 0 Å². The lowest BCUT2D eigenvalue weighted by atomic mass is 10.0. The van der Waals surface area contributed by atoms with Gasteiger partial charge >= 0.3 is 0 Å². The predicted octanol–water partition coefficient (Wildman–Crippen LogP) is 8.80. The largest absolute Gasteiger partial charge is 0.455 e. The number of fused-ring (bicyclic) bond motifs is 9.